The summed E-state index contributed by atoms with van der Waals surface area (Å²) in [5.74, 6) is 0. The minimum Gasteiger partial charge on any atom is -0.0622 e. The first-order chi connectivity index (χ1) is 16.3. The maximum Gasteiger partial charge on any atom is -0.00141 e. The topological polar surface area (TPSA) is 0 Å². The lowest BCUT2D eigenvalue weighted by Gasteiger charge is -2.20. The van der Waals surface area contributed by atoms with Crippen molar-refractivity contribution in [2.75, 3.05) is 0 Å². The van der Waals surface area contributed by atoms with E-state index in [1.165, 1.54) is 60.5 Å². The van der Waals surface area contributed by atoms with Gasteiger partial charge in [-0.3, -0.25) is 0 Å². The largest absolute Gasteiger partial charge is 0.0622 e. The summed E-state index contributed by atoms with van der Waals surface area (Å²) >= 11 is 0. The van der Waals surface area contributed by atoms with Crippen molar-refractivity contribution in [2.24, 2.45) is 0 Å². The van der Waals surface area contributed by atoms with Crippen LogP contribution in [0.15, 0.2) is 127 Å². The van der Waals surface area contributed by atoms with E-state index in [0.717, 1.165) is 0 Å². The molecule has 0 spiro atoms. The third kappa shape index (κ3) is 3.32. The molecule has 0 aromatic heterocycles. The third-order valence-corrected chi connectivity index (χ3v) is 6.54. The van der Waals surface area contributed by atoms with Crippen molar-refractivity contribution >= 4 is 21.5 Å². The molecule has 0 heteroatoms. The van der Waals surface area contributed by atoms with Crippen molar-refractivity contribution in [1.29, 1.82) is 0 Å². The maximum absolute atomic E-state index is 2.29. The van der Waals surface area contributed by atoms with Gasteiger partial charge in [0.05, 0.1) is 0 Å². The number of benzene rings is 6. The van der Waals surface area contributed by atoms with Crippen molar-refractivity contribution in [3.05, 3.63) is 133 Å². The van der Waals surface area contributed by atoms with Crippen LogP contribution in [0.3, 0.4) is 0 Å². The highest BCUT2D eigenvalue weighted by Gasteiger charge is 2.19. The summed E-state index contributed by atoms with van der Waals surface area (Å²) in [7, 11) is 0. The van der Waals surface area contributed by atoms with E-state index in [4.69, 9.17) is 0 Å². The Morgan fingerprint density at radius 1 is 0.364 bits per heavy atom. The molecule has 0 bridgehead atoms. The molecular weight excluding hydrogens is 396 g/mol. The van der Waals surface area contributed by atoms with Gasteiger partial charge < -0.3 is 0 Å². The fourth-order valence-electron chi connectivity index (χ4n) is 5.02. The minimum atomic E-state index is 1.25. The summed E-state index contributed by atoms with van der Waals surface area (Å²) in [6.07, 6.45) is 0. The zero-order valence-corrected chi connectivity index (χ0v) is 18.6. The molecule has 0 unspecified atom stereocenters. The van der Waals surface area contributed by atoms with Gasteiger partial charge in [0, 0.05) is 0 Å². The van der Waals surface area contributed by atoms with Crippen molar-refractivity contribution in [2.45, 2.75) is 6.92 Å². The first-order valence-corrected chi connectivity index (χ1v) is 11.5. The lowest BCUT2D eigenvalue weighted by molar-refractivity contribution is 1.47. The minimum absolute atomic E-state index is 1.25. The van der Waals surface area contributed by atoms with E-state index in [2.05, 4.69) is 134 Å². The Morgan fingerprint density at radius 3 is 1.52 bits per heavy atom. The molecule has 0 fully saturated rings. The highest BCUT2D eigenvalue weighted by Crippen LogP contribution is 2.46. The first kappa shape index (κ1) is 19.5. The van der Waals surface area contributed by atoms with Crippen LogP contribution in [0.25, 0.3) is 54.9 Å². The monoisotopic (exact) mass is 420 g/mol. The molecule has 6 aromatic carbocycles. The van der Waals surface area contributed by atoms with Crippen LogP contribution in [-0.4, -0.2) is 0 Å². The Kier molecular flexibility index (Phi) is 4.78. The van der Waals surface area contributed by atoms with E-state index < -0.39 is 0 Å². The van der Waals surface area contributed by atoms with Crippen LogP contribution >= 0.6 is 0 Å². The molecule has 0 saturated carbocycles. The Bertz CT molecular complexity index is 1580. The molecule has 156 valence electrons. The van der Waals surface area contributed by atoms with Crippen LogP contribution in [0.2, 0.25) is 0 Å². The van der Waals surface area contributed by atoms with Crippen molar-refractivity contribution in [3.8, 4) is 33.4 Å². The van der Waals surface area contributed by atoms with Crippen LogP contribution in [0.5, 0.6) is 0 Å². The second-order valence-corrected chi connectivity index (χ2v) is 8.62. The summed E-state index contributed by atoms with van der Waals surface area (Å²) in [5, 5.41) is 5.17. The van der Waals surface area contributed by atoms with Crippen LogP contribution in [0.4, 0.5) is 0 Å². The fourth-order valence-corrected chi connectivity index (χ4v) is 5.02. The maximum atomic E-state index is 2.29. The standard InChI is InChI=1S/C33H24/c1-23-19-21-24(22-20-23)27-17-10-18-30-31(25-11-4-2-5-12-25)28-15-8-9-16-29(28)32(33(27)30)26-13-6-3-7-14-26/h2-22H,1H3. The predicted octanol–water partition coefficient (Wildman–Crippen LogP) is 9.30. The van der Waals surface area contributed by atoms with Crippen LogP contribution in [0.1, 0.15) is 5.56 Å². The van der Waals surface area contributed by atoms with Gasteiger partial charge in [-0.25, -0.2) is 0 Å². The smallest absolute Gasteiger partial charge is 0.00141 e. The number of fused-ring (bicyclic) bond motifs is 2. The van der Waals surface area contributed by atoms with Gasteiger partial charge in [0.25, 0.3) is 0 Å². The van der Waals surface area contributed by atoms with Gasteiger partial charge in [-0.1, -0.05) is 133 Å². The normalized spacial score (nSPS) is 11.2. The van der Waals surface area contributed by atoms with Gasteiger partial charge in [0.1, 0.15) is 0 Å². The van der Waals surface area contributed by atoms with Gasteiger partial charge in [0.2, 0.25) is 0 Å². The van der Waals surface area contributed by atoms with Crippen molar-refractivity contribution in [3.63, 3.8) is 0 Å². The van der Waals surface area contributed by atoms with E-state index in [-0.39, 0.29) is 0 Å². The number of aryl methyl sites for hydroxylation is 1. The zero-order chi connectivity index (χ0) is 22.2. The number of rotatable bonds is 3. The second kappa shape index (κ2) is 8.07. The molecule has 0 amide bonds. The molecule has 0 heterocycles. The molecule has 0 nitrogen and oxygen atoms in total. The van der Waals surface area contributed by atoms with E-state index in [1.807, 2.05) is 0 Å². The lowest BCUT2D eigenvalue weighted by Crippen LogP contribution is -1.93. The van der Waals surface area contributed by atoms with Gasteiger partial charge in [-0.05, 0) is 61.8 Å². The summed E-state index contributed by atoms with van der Waals surface area (Å²) in [6, 6.07) is 46.1. The number of hydrogen-bond acceptors (Lipinski definition) is 0. The van der Waals surface area contributed by atoms with Gasteiger partial charge in [-0.2, -0.15) is 0 Å². The Hall–Kier alpha value is -4.16. The zero-order valence-electron chi connectivity index (χ0n) is 18.6. The molecule has 0 aliphatic rings. The highest BCUT2D eigenvalue weighted by atomic mass is 14.2. The molecular formula is C33H24. The molecule has 0 atom stereocenters. The molecule has 33 heavy (non-hydrogen) atoms. The summed E-state index contributed by atoms with van der Waals surface area (Å²) < 4.78 is 0. The molecule has 6 aromatic rings. The molecule has 6 rings (SSSR count). The Morgan fingerprint density at radius 2 is 0.879 bits per heavy atom. The summed E-state index contributed by atoms with van der Waals surface area (Å²) in [6.45, 7) is 2.14. The molecule has 0 aliphatic heterocycles. The number of hydrogen-bond donors (Lipinski definition) is 0. The van der Waals surface area contributed by atoms with Gasteiger partial charge in [-0.15, -0.1) is 0 Å². The highest BCUT2D eigenvalue weighted by molar-refractivity contribution is 6.24. The average Bonchev–Trinajstić information content (AvgIpc) is 2.88. The van der Waals surface area contributed by atoms with Crippen molar-refractivity contribution in [1.82, 2.24) is 0 Å². The van der Waals surface area contributed by atoms with Crippen LogP contribution in [0, 0.1) is 6.92 Å². The lowest BCUT2D eigenvalue weighted by atomic mass is 9.83. The van der Waals surface area contributed by atoms with E-state index in [0.29, 0.717) is 0 Å². The van der Waals surface area contributed by atoms with E-state index in [1.54, 1.807) is 0 Å². The quantitative estimate of drug-likeness (QED) is 0.250. The summed E-state index contributed by atoms with van der Waals surface area (Å²) in [5.41, 5.74) is 8.90. The Labute approximate surface area is 194 Å². The molecule has 0 N–H and O–H groups in total. The third-order valence-electron chi connectivity index (χ3n) is 6.54. The van der Waals surface area contributed by atoms with Crippen molar-refractivity contribution < 1.29 is 0 Å². The predicted molar refractivity (Wildman–Crippen MR) is 142 cm³/mol. The van der Waals surface area contributed by atoms with Gasteiger partial charge >= 0.3 is 0 Å². The first-order valence-electron chi connectivity index (χ1n) is 11.5. The molecule has 0 aliphatic carbocycles. The molecule has 0 radical (unpaired) electrons. The summed E-state index contributed by atoms with van der Waals surface area (Å²) in [4.78, 5) is 0. The Balaban J connectivity index is 1.86. The SMILES string of the molecule is Cc1ccc(-c2cccc3c(-c4ccccc4)c4ccccc4c(-c4ccccc4)c23)cc1. The van der Waals surface area contributed by atoms with Crippen LogP contribution < -0.4 is 0 Å². The second-order valence-electron chi connectivity index (χ2n) is 8.62. The van der Waals surface area contributed by atoms with Gasteiger partial charge in [0.15, 0.2) is 0 Å². The van der Waals surface area contributed by atoms with E-state index >= 15 is 0 Å². The fraction of sp³-hybridized carbons (Fsp3) is 0.0303. The van der Waals surface area contributed by atoms with E-state index in [9.17, 15) is 0 Å². The molecule has 0 saturated heterocycles. The average molecular weight is 421 g/mol. The van der Waals surface area contributed by atoms with Crippen LogP contribution in [-0.2, 0) is 0 Å².